The summed E-state index contributed by atoms with van der Waals surface area (Å²) in [4.78, 5) is 0. The minimum absolute atomic E-state index is 0.465. The van der Waals surface area contributed by atoms with Gasteiger partial charge in [0.25, 0.3) is 5.22 Å². The number of hydrogen-bond donors (Lipinski definition) is 0. The molecule has 0 radical (unpaired) electrons. The molecule has 2 aromatic carbocycles. The third kappa shape index (κ3) is 4.49. The Labute approximate surface area is 156 Å². The highest BCUT2D eigenvalue weighted by Gasteiger charge is 2.10. The molecule has 1 heterocycles. The smallest absolute Gasteiger partial charge is 0.276 e. The van der Waals surface area contributed by atoms with Crippen LogP contribution in [0.25, 0.3) is 11.5 Å². The second kappa shape index (κ2) is 8.62. The van der Waals surface area contributed by atoms with Crippen LogP contribution in [0.3, 0.4) is 0 Å². The van der Waals surface area contributed by atoms with E-state index in [1.807, 2.05) is 49.4 Å². The van der Waals surface area contributed by atoms with E-state index >= 15 is 0 Å². The molecule has 26 heavy (non-hydrogen) atoms. The van der Waals surface area contributed by atoms with E-state index in [1.165, 1.54) is 11.8 Å². The van der Waals surface area contributed by atoms with E-state index in [1.54, 1.807) is 14.2 Å². The molecule has 0 aliphatic heterocycles. The zero-order chi connectivity index (χ0) is 18.4. The maximum Gasteiger partial charge on any atom is 0.276 e. The van der Waals surface area contributed by atoms with Gasteiger partial charge in [0, 0.05) is 11.3 Å². The average molecular weight is 372 g/mol. The number of rotatable bonds is 8. The van der Waals surface area contributed by atoms with Crippen molar-refractivity contribution in [2.75, 3.05) is 26.6 Å². The summed E-state index contributed by atoms with van der Waals surface area (Å²) in [6.45, 7) is 2.51. The lowest BCUT2D eigenvalue weighted by molar-refractivity contribution is 0.313. The van der Waals surface area contributed by atoms with E-state index < -0.39 is 0 Å². The third-order valence-electron chi connectivity index (χ3n) is 3.61. The van der Waals surface area contributed by atoms with Gasteiger partial charge in [0.05, 0.1) is 20.8 Å². The van der Waals surface area contributed by atoms with Crippen molar-refractivity contribution >= 4 is 11.8 Å². The van der Waals surface area contributed by atoms with Crippen LogP contribution in [-0.4, -0.2) is 36.8 Å². The molecule has 0 aliphatic rings. The summed E-state index contributed by atoms with van der Waals surface area (Å²) in [6, 6.07) is 13.4. The van der Waals surface area contributed by atoms with E-state index in [9.17, 15) is 0 Å². The van der Waals surface area contributed by atoms with Crippen LogP contribution in [0.2, 0.25) is 0 Å². The van der Waals surface area contributed by atoms with Crippen LogP contribution in [-0.2, 0) is 0 Å². The lowest BCUT2D eigenvalue weighted by Gasteiger charge is -2.10. The van der Waals surface area contributed by atoms with Gasteiger partial charge in [-0.15, -0.1) is 10.2 Å². The van der Waals surface area contributed by atoms with Crippen LogP contribution in [0.5, 0.6) is 17.2 Å². The molecule has 6 nitrogen and oxygen atoms in total. The molecule has 0 aliphatic carbocycles. The van der Waals surface area contributed by atoms with Gasteiger partial charge in [-0.1, -0.05) is 23.9 Å². The van der Waals surface area contributed by atoms with Crippen molar-refractivity contribution in [3.05, 3.63) is 48.0 Å². The molecule has 0 bridgehead atoms. The molecule has 0 saturated heterocycles. The van der Waals surface area contributed by atoms with Gasteiger partial charge in [0.2, 0.25) is 5.89 Å². The van der Waals surface area contributed by atoms with E-state index in [0.29, 0.717) is 23.5 Å². The summed E-state index contributed by atoms with van der Waals surface area (Å²) in [7, 11) is 3.26. The van der Waals surface area contributed by atoms with Crippen molar-refractivity contribution in [2.45, 2.75) is 12.1 Å². The molecule has 1 aromatic heterocycles. The number of nitrogens with zero attached hydrogens (tertiary/aromatic N) is 2. The molecule has 0 saturated carbocycles. The Kier molecular flexibility index (Phi) is 6.01. The Morgan fingerprint density at radius 1 is 1.00 bits per heavy atom. The second-order valence-corrected chi connectivity index (χ2v) is 6.50. The quantitative estimate of drug-likeness (QED) is 0.433. The number of ether oxygens (including phenoxy) is 3. The molecule has 0 fully saturated rings. The summed E-state index contributed by atoms with van der Waals surface area (Å²) in [5, 5.41) is 8.65. The highest BCUT2D eigenvalue weighted by Crippen LogP contribution is 2.29. The third-order valence-corrected chi connectivity index (χ3v) is 4.39. The van der Waals surface area contributed by atoms with Gasteiger partial charge in [0.1, 0.15) is 5.75 Å². The number of aromatic nitrogens is 2. The van der Waals surface area contributed by atoms with Gasteiger partial charge < -0.3 is 18.6 Å². The van der Waals surface area contributed by atoms with Crippen molar-refractivity contribution in [1.29, 1.82) is 0 Å². The molecular weight excluding hydrogens is 352 g/mol. The van der Waals surface area contributed by atoms with Crippen molar-refractivity contribution < 1.29 is 18.6 Å². The van der Waals surface area contributed by atoms with Crippen molar-refractivity contribution in [2.24, 2.45) is 0 Å². The van der Waals surface area contributed by atoms with E-state index in [0.717, 1.165) is 28.4 Å². The van der Waals surface area contributed by atoms with Crippen molar-refractivity contribution in [3.8, 4) is 28.7 Å². The first kappa shape index (κ1) is 18.1. The van der Waals surface area contributed by atoms with Gasteiger partial charge in [-0.3, -0.25) is 0 Å². The van der Waals surface area contributed by atoms with E-state index in [-0.39, 0.29) is 0 Å². The molecule has 0 spiro atoms. The van der Waals surface area contributed by atoms with Gasteiger partial charge in [-0.05, 0) is 42.8 Å². The molecule has 0 amide bonds. The molecule has 3 rings (SSSR count). The van der Waals surface area contributed by atoms with Gasteiger partial charge in [0.15, 0.2) is 11.5 Å². The van der Waals surface area contributed by atoms with Crippen LogP contribution in [0, 0.1) is 6.92 Å². The Bertz CT molecular complexity index is 866. The van der Waals surface area contributed by atoms with Crippen LogP contribution < -0.4 is 14.2 Å². The molecule has 0 unspecified atom stereocenters. The Morgan fingerprint density at radius 3 is 2.69 bits per heavy atom. The molecule has 7 heteroatoms. The molecule has 0 N–H and O–H groups in total. The topological polar surface area (TPSA) is 66.6 Å². The largest absolute Gasteiger partial charge is 0.497 e. The van der Waals surface area contributed by atoms with Crippen LogP contribution in [0.4, 0.5) is 0 Å². The Hall–Kier alpha value is -2.67. The minimum Gasteiger partial charge on any atom is -0.497 e. The standard InChI is InChI=1S/C19H20N2O4S/c1-13-7-8-16(17(11-13)23-3)24-9-10-26-19-21-20-18(25-19)14-5-4-6-15(12-14)22-2/h4-8,11-12H,9-10H2,1-3H3. The number of hydrogen-bond acceptors (Lipinski definition) is 7. The van der Waals surface area contributed by atoms with Gasteiger partial charge >= 0.3 is 0 Å². The lowest BCUT2D eigenvalue weighted by Crippen LogP contribution is -2.01. The summed E-state index contributed by atoms with van der Waals surface area (Å²) in [6.07, 6.45) is 0. The first-order chi connectivity index (χ1) is 12.7. The maximum atomic E-state index is 5.77. The zero-order valence-corrected chi connectivity index (χ0v) is 15.7. The van der Waals surface area contributed by atoms with Gasteiger partial charge in [-0.2, -0.15) is 0 Å². The molecular formula is C19H20N2O4S. The minimum atomic E-state index is 0.465. The summed E-state index contributed by atoms with van der Waals surface area (Å²) >= 11 is 1.44. The summed E-state index contributed by atoms with van der Waals surface area (Å²) in [5.74, 6) is 3.34. The van der Waals surface area contributed by atoms with Crippen molar-refractivity contribution in [1.82, 2.24) is 10.2 Å². The predicted molar refractivity (Wildman–Crippen MR) is 100 cm³/mol. The Balaban J connectivity index is 1.54. The van der Waals surface area contributed by atoms with Gasteiger partial charge in [-0.25, -0.2) is 0 Å². The highest BCUT2D eigenvalue weighted by atomic mass is 32.2. The fourth-order valence-electron chi connectivity index (χ4n) is 2.32. The maximum absolute atomic E-state index is 5.77. The Morgan fingerprint density at radius 2 is 1.88 bits per heavy atom. The first-order valence-corrected chi connectivity index (χ1v) is 9.06. The molecule has 136 valence electrons. The van der Waals surface area contributed by atoms with E-state index in [2.05, 4.69) is 10.2 Å². The second-order valence-electron chi connectivity index (χ2n) is 5.46. The van der Waals surface area contributed by atoms with Crippen LogP contribution in [0.1, 0.15) is 5.56 Å². The fourth-order valence-corrected chi connectivity index (χ4v) is 2.89. The summed E-state index contributed by atoms with van der Waals surface area (Å²) in [5.41, 5.74) is 1.95. The number of aryl methyl sites for hydroxylation is 1. The van der Waals surface area contributed by atoms with Crippen LogP contribution in [0.15, 0.2) is 52.1 Å². The van der Waals surface area contributed by atoms with Crippen LogP contribution >= 0.6 is 11.8 Å². The number of benzene rings is 2. The normalized spacial score (nSPS) is 10.6. The SMILES string of the molecule is COc1cccc(-c2nnc(SCCOc3ccc(C)cc3OC)o2)c1. The predicted octanol–water partition coefficient (Wildman–Crippen LogP) is 4.23. The first-order valence-electron chi connectivity index (χ1n) is 8.08. The monoisotopic (exact) mass is 372 g/mol. The van der Waals surface area contributed by atoms with Crippen molar-refractivity contribution in [3.63, 3.8) is 0 Å². The average Bonchev–Trinajstić information content (AvgIpc) is 3.15. The lowest BCUT2D eigenvalue weighted by atomic mass is 10.2. The zero-order valence-electron chi connectivity index (χ0n) is 14.9. The summed E-state index contributed by atoms with van der Waals surface area (Å²) < 4.78 is 22.0. The number of thioether (sulfide) groups is 1. The highest BCUT2D eigenvalue weighted by molar-refractivity contribution is 7.99. The number of methoxy groups -OCH3 is 2. The molecule has 0 atom stereocenters. The van der Waals surface area contributed by atoms with E-state index in [4.69, 9.17) is 18.6 Å². The molecule has 3 aromatic rings. The fraction of sp³-hybridized carbons (Fsp3) is 0.263.